The van der Waals surface area contributed by atoms with Gasteiger partial charge in [-0.05, 0) is 56.1 Å². The molecule has 0 fully saturated rings. The van der Waals surface area contributed by atoms with Crippen LogP contribution >= 0.6 is 31.9 Å². The van der Waals surface area contributed by atoms with Gasteiger partial charge in [-0.3, -0.25) is 14.9 Å². The highest BCUT2D eigenvalue weighted by Gasteiger charge is 2.15. The summed E-state index contributed by atoms with van der Waals surface area (Å²) < 4.78 is 13.7. The Morgan fingerprint density at radius 2 is 1.73 bits per heavy atom. The molecule has 5 nitrogen and oxygen atoms in total. The Balaban J connectivity index is 2.13. The first-order chi connectivity index (χ1) is 10.4. The lowest BCUT2D eigenvalue weighted by molar-refractivity contribution is -0.385. The van der Waals surface area contributed by atoms with E-state index < -0.39 is 10.7 Å². The van der Waals surface area contributed by atoms with Gasteiger partial charge in [-0.15, -0.1) is 0 Å². The van der Waals surface area contributed by atoms with Crippen LogP contribution in [0.2, 0.25) is 0 Å². The van der Waals surface area contributed by atoms with E-state index in [0.29, 0.717) is 20.2 Å². The van der Waals surface area contributed by atoms with Crippen molar-refractivity contribution in [3.8, 4) is 0 Å². The van der Waals surface area contributed by atoms with E-state index in [1.807, 2.05) is 0 Å². The van der Waals surface area contributed by atoms with E-state index in [0.717, 1.165) is 0 Å². The normalized spacial score (nSPS) is 10.3. The number of halogens is 3. The second kappa shape index (κ2) is 6.97. The molecule has 0 aliphatic heterocycles. The van der Waals surface area contributed by atoms with Gasteiger partial charge in [0.1, 0.15) is 5.82 Å². The van der Waals surface area contributed by atoms with Crippen molar-refractivity contribution < 1.29 is 14.1 Å². The minimum Gasteiger partial charge on any atom is -0.376 e. The van der Waals surface area contributed by atoms with Crippen LogP contribution in [0.5, 0.6) is 0 Å². The highest BCUT2D eigenvalue weighted by molar-refractivity contribution is 9.11. The number of hydrogen-bond acceptors (Lipinski definition) is 4. The van der Waals surface area contributed by atoms with Gasteiger partial charge in [-0.1, -0.05) is 0 Å². The van der Waals surface area contributed by atoms with E-state index >= 15 is 0 Å². The molecule has 0 bridgehead atoms. The van der Waals surface area contributed by atoms with Crippen LogP contribution in [-0.4, -0.2) is 17.3 Å². The van der Waals surface area contributed by atoms with Crippen LogP contribution in [0.15, 0.2) is 45.3 Å². The number of anilines is 1. The number of carbonyl (C=O) groups excluding carboxylic acids is 1. The minimum atomic E-state index is -0.511. The van der Waals surface area contributed by atoms with Gasteiger partial charge >= 0.3 is 0 Å². The van der Waals surface area contributed by atoms with Gasteiger partial charge in [-0.2, -0.15) is 0 Å². The minimum absolute atomic E-state index is 0.0271. The maximum atomic E-state index is 12.8. The summed E-state index contributed by atoms with van der Waals surface area (Å²) in [5.41, 5.74) is 0.832. The number of carbonyl (C=O) groups is 1. The maximum absolute atomic E-state index is 12.8. The topological polar surface area (TPSA) is 72.2 Å². The Morgan fingerprint density at radius 1 is 1.18 bits per heavy atom. The molecule has 0 aromatic heterocycles. The molecule has 0 heterocycles. The van der Waals surface area contributed by atoms with E-state index in [-0.39, 0.29) is 18.0 Å². The van der Waals surface area contributed by atoms with Crippen molar-refractivity contribution in [2.45, 2.75) is 0 Å². The quantitative estimate of drug-likeness (QED) is 0.428. The Labute approximate surface area is 141 Å². The van der Waals surface area contributed by atoms with Crippen LogP contribution in [0.3, 0.4) is 0 Å². The van der Waals surface area contributed by atoms with Crippen molar-refractivity contribution in [3.63, 3.8) is 0 Å². The first kappa shape index (κ1) is 16.6. The zero-order chi connectivity index (χ0) is 16.3. The van der Waals surface area contributed by atoms with Crippen LogP contribution in [0.25, 0.3) is 0 Å². The van der Waals surface area contributed by atoms with Gasteiger partial charge < -0.3 is 5.32 Å². The summed E-state index contributed by atoms with van der Waals surface area (Å²) in [7, 11) is 0. The number of nitro benzene ring substituents is 1. The molecule has 0 unspecified atom stereocenters. The molecule has 2 aromatic rings. The number of ketones is 1. The molecule has 2 rings (SSSR count). The predicted octanol–water partition coefficient (Wildman–Crippen LogP) is 4.55. The Kier molecular flexibility index (Phi) is 5.25. The molecular weight excluding hydrogens is 423 g/mol. The number of rotatable bonds is 5. The van der Waals surface area contributed by atoms with Crippen LogP contribution < -0.4 is 5.32 Å². The highest BCUT2D eigenvalue weighted by Crippen LogP contribution is 2.35. The summed E-state index contributed by atoms with van der Waals surface area (Å²) in [4.78, 5) is 22.2. The summed E-state index contributed by atoms with van der Waals surface area (Å²) in [5, 5.41) is 13.7. The second-order valence-electron chi connectivity index (χ2n) is 4.33. The summed E-state index contributed by atoms with van der Waals surface area (Å²) >= 11 is 6.45. The molecule has 0 spiro atoms. The van der Waals surface area contributed by atoms with Gasteiger partial charge in [0, 0.05) is 26.6 Å². The molecule has 0 radical (unpaired) electrons. The number of nitro groups is 1. The average molecular weight is 432 g/mol. The van der Waals surface area contributed by atoms with Crippen molar-refractivity contribution in [1.82, 2.24) is 0 Å². The van der Waals surface area contributed by atoms with Gasteiger partial charge in [-0.25, -0.2) is 4.39 Å². The molecular formula is C14H9Br2FN2O3. The summed E-state index contributed by atoms with van der Waals surface area (Å²) in [6.45, 7) is -0.0271. The third-order valence-electron chi connectivity index (χ3n) is 2.83. The molecule has 0 amide bonds. The van der Waals surface area contributed by atoms with Crippen molar-refractivity contribution in [3.05, 3.63) is 66.8 Å². The standard InChI is InChI=1S/C14H9Br2FN2O3/c15-11-5-10(19(21)22)6-12(16)14(11)18-7-13(20)8-1-3-9(17)4-2-8/h1-6,18H,7H2. The Bertz CT molecular complexity index is 712. The predicted molar refractivity (Wildman–Crippen MR) is 87.7 cm³/mol. The van der Waals surface area contributed by atoms with Crippen molar-refractivity contribution >= 4 is 49.0 Å². The fourth-order valence-corrected chi connectivity index (χ4v) is 3.18. The van der Waals surface area contributed by atoms with Crippen LogP contribution in [0.1, 0.15) is 10.4 Å². The Hall–Kier alpha value is -1.80. The third kappa shape index (κ3) is 3.89. The van der Waals surface area contributed by atoms with Crippen LogP contribution in [0.4, 0.5) is 15.8 Å². The highest BCUT2D eigenvalue weighted by atomic mass is 79.9. The lowest BCUT2D eigenvalue weighted by Gasteiger charge is -2.10. The van der Waals surface area contributed by atoms with E-state index in [1.54, 1.807) is 0 Å². The molecule has 8 heteroatoms. The molecule has 0 atom stereocenters. The number of hydrogen-bond donors (Lipinski definition) is 1. The number of benzene rings is 2. The molecule has 0 aliphatic carbocycles. The maximum Gasteiger partial charge on any atom is 0.271 e. The molecule has 22 heavy (non-hydrogen) atoms. The summed E-state index contributed by atoms with van der Waals surface area (Å²) in [6, 6.07) is 7.92. The average Bonchev–Trinajstić information content (AvgIpc) is 2.46. The lowest BCUT2D eigenvalue weighted by atomic mass is 10.1. The zero-order valence-electron chi connectivity index (χ0n) is 11.0. The Morgan fingerprint density at radius 3 is 2.23 bits per heavy atom. The fourth-order valence-electron chi connectivity index (χ4n) is 1.74. The first-order valence-corrected chi connectivity index (χ1v) is 7.63. The number of nitrogens with one attached hydrogen (secondary N) is 1. The van der Waals surface area contributed by atoms with E-state index in [2.05, 4.69) is 37.2 Å². The molecule has 0 aliphatic rings. The van der Waals surface area contributed by atoms with Crippen molar-refractivity contribution in [2.75, 3.05) is 11.9 Å². The van der Waals surface area contributed by atoms with Gasteiger partial charge in [0.2, 0.25) is 0 Å². The van der Waals surface area contributed by atoms with Crippen LogP contribution in [-0.2, 0) is 0 Å². The van der Waals surface area contributed by atoms with Crippen LogP contribution in [0, 0.1) is 15.9 Å². The molecule has 0 saturated carbocycles. The van der Waals surface area contributed by atoms with E-state index in [1.165, 1.54) is 36.4 Å². The van der Waals surface area contributed by atoms with Crippen molar-refractivity contribution in [2.24, 2.45) is 0 Å². The zero-order valence-corrected chi connectivity index (χ0v) is 14.1. The third-order valence-corrected chi connectivity index (χ3v) is 4.08. The fraction of sp³-hybridized carbons (Fsp3) is 0.0714. The van der Waals surface area contributed by atoms with Crippen molar-refractivity contribution in [1.29, 1.82) is 0 Å². The monoisotopic (exact) mass is 430 g/mol. The second-order valence-corrected chi connectivity index (χ2v) is 6.03. The molecule has 0 saturated heterocycles. The smallest absolute Gasteiger partial charge is 0.271 e. The molecule has 114 valence electrons. The number of non-ortho nitro benzene ring substituents is 1. The largest absolute Gasteiger partial charge is 0.376 e. The summed E-state index contributed by atoms with van der Waals surface area (Å²) in [5.74, 6) is -0.637. The number of Topliss-reactive ketones (excluding diaryl/α,β-unsaturated/α-hetero) is 1. The first-order valence-electron chi connectivity index (χ1n) is 6.04. The SMILES string of the molecule is O=C(CNc1c(Br)cc([N+](=O)[O-])cc1Br)c1ccc(F)cc1. The van der Waals surface area contributed by atoms with E-state index in [9.17, 15) is 19.3 Å². The molecule has 2 aromatic carbocycles. The number of nitrogens with zero attached hydrogens (tertiary/aromatic N) is 1. The van der Waals surface area contributed by atoms with Gasteiger partial charge in [0.05, 0.1) is 17.2 Å². The van der Waals surface area contributed by atoms with Gasteiger partial charge in [0.25, 0.3) is 5.69 Å². The summed E-state index contributed by atoms with van der Waals surface area (Å²) in [6.07, 6.45) is 0. The lowest BCUT2D eigenvalue weighted by Crippen LogP contribution is -2.14. The van der Waals surface area contributed by atoms with Gasteiger partial charge in [0.15, 0.2) is 5.78 Å². The molecule has 1 N–H and O–H groups in total. The van der Waals surface area contributed by atoms with E-state index in [4.69, 9.17) is 0 Å².